The van der Waals surface area contributed by atoms with Crippen molar-refractivity contribution in [3.8, 4) is 6.01 Å². The second kappa shape index (κ2) is 10.8. The molecule has 1 aromatic heterocycles. The monoisotopic (exact) mass is 713 g/mol. The Labute approximate surface area is 252 Å². The van der Waals surface area contributed by atoms with Crippen molar-refractivity contribution in [3.63, 3.8) is 0 Å². The molecule has 39 heavy (non-hydrogen) atoms. The van der Waals surface area contributed by atoms with Gasteiger partial charge >= 0.3 is 12.1 Å². The van der Waals surface area contributed by atoms with Crippen molar-refractivity contribution in [2.45, 2.75) is 64.1 Å². The number of rotatable bonds is 6. The molecule has 11 heteroatoms. The first kappa shape index (κ1) is 27.7. The minimum absolute atomic E-state index is 0.103. The van der Waals surface area contributed by atoms with Gasteiger partial charge in [-0.2, -0.15) is 9.97 Å². The Balaban J connectivity index is 1.23. The van der Waals surface area contributed by atoms with E-state index in [-0.39, 0.29) is 23.6 Å². The summed E-state index contributed by atoms with van der Waals surface area (Å²) in [5, 5.41) is 1.01. The van der Waals surface area contributed by atoms with Crippen molar-refractivity contribution in [1.29, 1.82) is 0 Å². The predicted octanol–water partition coefficient (Wildman–Crippen LogP) is 5.08. The first-order valence-corrected chi connectivity index (χ1v) is 15.8. The Morgan fingerprint density at radius 2 is 1.85 bits per heavy atom. The predicted molar refractivity (Wildman–Crippen MR) is 161 cm³/mol. The van der Waals surface area contributed by atoms with Crippen LogP contribution in [-0.4, -0.2) is 96.1 Å². The van der Waals surface area contributed by atoms with Crippen molar-refractivity contribution < 1.29 is 19.0 Å². The van der Waals surface area contributed by atoms with Crippen LogP contribution in [0, 0.1) is 8.99 Å². The molecule has 0 spiro atoms. The average Bonchev–Trinajstić information content (AvgIpc) is 3.59. The van der Waals surface area contributed by atoms with Gasteiger partial charge in [-0.1, -0.05) is 0 Å². The molecule has 2 atom stereocenters. The third-order valence-corrected chi connectivity index (χ3v) is 10.5. The second-order valence-corrected chi connectivity index (χ2v) is 14.5. The highest BCUT2D eigenvalue weighted by Crippen LogP contribution is 2.47. The molecule has 1 amide bonds. The van der Waals surface area contributed by atoms with Crippen LogP contribution in [0.2, 0.25) is 0 Å². The molecule has 2 bridgehead atoms. The van der Waals surface area contributed by atoms with Crippen LogP contribution in [0.4, 0.5) is 10.6 Å². The van der Waals surface area contributed by atoms with Gasteiger partial charge in [-0.15, -0.1) is 0 Å². The molecular formula is C28H37BrIN5O4. The standard InChI is InChI=1S/C28H37BrIN5O4/c1-27(2,3)39-26(36)35-18-4-5-19(35)15-34(14-18)24-20-12-22(30)21(29)13-23(20)31-25(32-24)38-17-28(6-7-28)16-33-8-10-37-11-9-33/h12-13,18-19H,4-11,14-17H2,1-3H3. The van der Waals surface area contributed by atoms with Gasteiger partial charge in [0, 0.05) is 51.6 Å². The van der Waals surface area contributed by atoms with Gasteiger partial charge in [0.1, 0.15) is 11.4 Å². The van der Waals surface area contributed by atoms with Crippen molar-refractivity contribution in [2.24, 2.45) is 5.41 Å². The van der Waals surface area contributed by atoms with Crippen LogP contribution in [0.5, 0.6) is 6.01 Å². The van der Waals surface area contributed by atoms with Gasteiger partial charge in [0.2, 0.25) is 0 Å². The molecule has 212 valence electrons. The van der Waals surface area contributed by atoms with Gasteiger partial charge in [-0.25, -0.2) is 4.79 Å². The Hall–Kier alpha value is -1.44. The molecule has 0 N–H and O–H groups in total. The fourth-order valence-corrected chi connectivity index (χ4v) is 6.86. The fraction of sp³-hybridized carbons (Fsp3) is 0.679. The number of morpholine rings is 1. The lowest BCUT2D eigenvalue weighted by Crippen LogP contribution is -2.57. The van der Waals surface area contributed by atoms with Gasteiger partial charge in [0.15, 0.2) is 0 Å². The fourth-order valence-electron chi connectivity index (χ4n) is 6.06. The largest absolute Gasteiger partial charge is 0.463 e. The van der Waals surface area contributed by atoms with Gasteiger partial charge in [-0.05, 0) is 97.1 Å². The Bertz CT molecular complexity index is 1230. The SMILES string of the molecule is CC(C)(C)OC(=O)N1C2CCC1CN(c1nc(OCC3(CN4CCOCC4)CC3)nc3cc(Br)c(I)cc13)C2. The van der Waals surface area contributed by atoms with Crippen LogP contribution in [-0.2, 0) is 9.47 Å². The molecule has 4 heterocycles. The Kier molecular flexibility index (Phi) is 7.64. The van der Waals surface area contributed by atoms with E-state index in [9.17, 15) is 4.79 Å². The van der Waals surface area contributed by atoms with Crippen molar-refractivity contribution >= 4 is 61.3 Å². The summed E-state index contributed by atoms with van der Waals surface area (Å²) in [4.78, 5) is 29.6. The summed E-state index contributed by atoms with van der Waals surface area (Å²) in [5.41, 5.74) is 0.538. The third-order valence-electron chi connectivity index (χ3n) is 8.21. The van der Waals surface area contributed by atoms with Crippen LogP contribution in [0.1, 0.15) is 46.5 Å². The normalized spacial score (nSPS) is 24.7. The maximum absolute atomic E-state index is 13.0. The lowest BCUT2D eigenvalue weighted by Gasteiger charge is -2.42. The minimum Gasteiger partial charge on any atom is -0.463 e. The second-order valence-electron chi connectivity index (χ2n) is 12.5. The van der Waals surface area contributed by atoms with Crippen LogP contribution < -0.4 is 9.64 Å². The van der Waals surface area contributed by atoms with Crippen LogP contribution >= 0.6 is 38.5 Å². The van der Waals surface area contributed by atoms with Gasteiger partial charge in [0.25, 0.3) is 0 Å². The van der Waals surface area contributed by atoms with Crippen LogP contribution in [0.15, 0.2) is 16.6 Å². The lowest BCUT2D eigenvalue weighted by molar-refractivity contribution is 0.0123. The number of benzene rings is 1. The molecule has 6 rings (SSSR count). The van der Waals surface area contributed by atoms with Crippen molar-refractivity contribution in [2.75, 3.05) is 57.4 Å². The zero-order valence-corrected chi connectivity index (χ0v) is 26.7. The number of anilines is 1. The van der Waals surface area contributed by atoms with Crippen molar-refractivity contribution in [3.05, 3.63) is 20.2 Å². The number of amides is 1. The summed E-state index contributed by atoms with van der Waals surface area (Å²) in [5.74, 6) is 0.888. The molecule has 2 aromatic rings. The average molecular weight is 714 g/mol. The maximum Gasteiger partial charge on any atom is 0.410 e. The molecule has 9 nitrogen and oxygen atoms in total. The van der Waals surface area contributed by atoms with E-state index in [4.69, 9.17) is 24.2 Å². The Morgan fingerprint density at radius 3 is 2.49 bits per heavy atom. The summed E-state index contributed by atoms with van der Waals surface area (Å²) in [6.45, 7) is 12.5. The number of fused-ring (bicyclic) bond motifs is 3. The highest BCUT2D eigenvalue weighted by atomic mass is 127. The summed E-state index contributed by atoms with van der Waals surface area (Å²) in [6, 6.07) is 4.83. The summed E-state index contributed by atoms with van der Waals surface area (Å²) in [6.07, 6.45) is 4.08. The summed E-state index contributed by atoms with van der Waals surface area (Å²) < 4.78 is 19.7. The molecular weight excluding hydrogens is 677 g/mol. The van der Waals surface area contributed by atoms with Crippen molar-refractivity contribution in [1.82, 2.24) is 19.8 Å². The molecule has 3 saturated heterocycles. The van der Waals surface area contributed by atoms with E-state index in [2.05, 4.69) is 60.5 Å². The zero-order valence-electron chi connectivity index (χ0n) is 22.9. The van der Waals surface area contributed by atoms with E-state index >= 15 is 0 Å². The molecule has 2 unspecified atom stereocenters. The molecule has 4 aliphatic rings. The van der Waals surface area contributed by atoms with Crippen LogP contribution in [0.25, 0.3) is 10.9 Å². The first-order chi connectivity index (χ1) is 18.6. The summed E-state index contributed by atoms with van der Waals surface area (Å²) >= 11 is 6.02. The van der Waals surface area contributed by atoms with Crippen LogP contribution in [0.3, 0.4) is 0 Å². The molecule has 1 aliphatic carbocycles. The molecule has 0 radical (unpaired) electrons. The molecule has 4 fully saturated rings. The molecule has 3 aliphatic heterocycles. The lowest BCUT2D eigenvalue weighted by atomic mass is 10.1. The summed E-state index contributed by atoms with van der Waals surface area (Å²) in [7, 11) is 0. The third kappa shape index (κ3) is 6.11. The number of hydrogen-bond acceptors (Lipinski definition) is 8. The minimum atomic E-state index is -0.506. The number of nitrogens with zero attached hydrogens (tertiary/aromatic N) is 5. The topological polar surface area (TPSA) is 80.3 Å². The van der Waals surface area contributed by atoms with Gasteiger partial charge in [0.05, 0.1) is 37.4 Å². The number of carbonyl (C=O) groups is 1. The number of hydrogen-bond donors (Lipinski definition) is 0. The number of piperazine rings is 1. The van der Waals surface area contributed by atoms with E-state index in [0.29, 0.717) is 12.6 Å². The number of halogens is 2. The highest BCUT2D eigenvalue weighted by molar-refractivity contribution is 14.1. The quantitative estimate of drug-likeness (QED) is 0.384. The van der Waals surface area contributed by atoms with Gasteiger partial charge < -0.3 is 19.1 Å². The highest BCUT2D eigenvalue weighted by Gasteiger charge is 2.46. The number of ether oxygens (including phenoxy) is 3. The van der Waals surface area contributed by atoms with E-state index in [1.54, 1.807) is 0 Å². The van der Waals surface area contributed by atoms with E-state index in [0.717, 1.165) is 83.5 Å². The number of carbonyl (C=O) groups excluding carboxylic acids is 1. The molecule has 1 saturated carbocycles. The van der Waals surface area contributed by atoms with Gasteiger partial charge in [-0.3, -0.25) is 9.80 Å². The van der Waals surface area contributed by atoms with E-state index in [1.165, 1.54) is 12.8 Å². The number of aromatic nitrogens is 2. The zero-order chi connectivity index (χ0) is 27.4. The smallest absolute Gasteiger partial charge is 0.410 e. The van der Waals surface area contributed by atoms with E-state index < -0.39 is 5.60 Å². The van der Waals surface area contributed by atoms with E-state index in [1.807, 2.05) is 25.7 Å². The molecule has 1 aromatic carbocycles. The Morgan fingerprint density at radius 1 is 1.15 bits per heavy atom. The first-order valence-electron chi connectivity index (χ1n) is 14.0. The maximum atomic E-state index is 13.0.